The number of rotatable bonds is 2. The van der Waals surface area contributed by atoms with Crippen LogP contribution in [0.4, 0.5) is 0 Å². The number of aromatic carboxylic acids is 1. The van der Waals surface area contributed by atoms with Gasteiger partial charge in [0.1, 0.15) is 5.69 Å². The first kappa shape index (κ1) is 12.3. The molecule has 5 heteroatoms. The van der Waals surface area contributed by atoms with E-state index in [2.05, 4.69) is 16.8 Å². The van der Waals surface area contributed by atoms with Crippen molar-refractivity contribution in [3.05, 3.63) is 29.6 Å². The summed E-state index contributed by atoms with van der Waals surface area (Å²) in [5.74, 6) is 4.81. The quantitative estimate of drug-likeness (QED) is 0.785. The highest BCUT2D eigenvalue weighted by Gasteiger charge is 2.01. The molecule has 0 bridgehead atoms. The smallest absolute Gasteiger partial charge is 0.335 e. The fraction of sp³-hybridized carbons (Fsp3) is 0.182. The number of carboxylic acid groups (broad SMARTS) is 1. The van der Waals surface area contributed by atoms with E-state index in [0.29, 0.717) is 11.4 Å². The first-order valence-electron chi connectivity index (χ1n) is 4.41. The van der Waals surface area contributed by atoms with Gasteiger partial charge in [-0.2, -0.15) is 0 Å². The predicted octanol–water partition coefficient (Wildman–Crippen LogP) is 1.41. The molecular weight excluding hydrogens is 226 g/mol. The van der Waals surface area contributed by atoms with Gasteiger partial charge in [0.2, 0.25) is 0 Å². The van der Waals surface area contributed by atoms with Crippen molar-refractivity contribution in [3.63, 3.8) is 0 Å². The summed E-state index contributed by atoms with van der Waals surface area (Å²) in [4.78, 5) is 25.2. The molecule has 0 saturated carbocycles. The Morgan fingerprint density at radius 1 is 1.56 bits per heavy atom. The van der Waals surface area contributed by atoms with Crippen molar-refractivity contribution in [3.8, 4) is 11.8 Å². The lowest BCUT2D eigenvalue weighted by Crippen LogP contribution is -1.97. The molecule has 0 atom stereocenters. The average molecular weight is 235 g/mol. The summed E-state index contributed by atoms with van der Waals surface area (Å²) in [6.45, 7) is 1.47. The van der Waals surface area contributed by atoms with Gasteiger partial charge in [-0.1, -0.05) is 17.7 Å². The highest BCUT2D eigenvalue weighted by atomic mass is 32.2. The summed E-state index contributed by atoms with van der Waals surface area (Å²) >= 11 is 1.10. The summed E-state index contributed by atoms with van der Waals surface area (Å²) < 4.78 is 0. The molecule has 16 heavy (non-hydrogen) atoms. The lowest BCUT2D eigenvalue weighted by atomic mass is 10.2. The Balaban J connectivity index is 2.70. The second-order valence-electron chi connectivity index (χ2n) is 2.82. The van der Waals surface area contributed by atoms with Crippen molar-refractivity contribution in [1.82, 2.24) is 4.98 Å². The summed E-state index contributed by atoms with van der Waals surface area (Å²) in [6.07, 6.45) is 1.39. The molecular formula is C11H9NO3S. The Hall–Kier alpha value is -1.80. The highest BCUT2D eigenvalue weighted by Crippen LogP contribution is 2.01. The van der Waals surface area contributed by atoms with E-state index in [4.69, 9.17) is 5.11 Å². The Morgan fingerprint density at radius 3 is 2.94 bits per heavy atom. The number of aromatic nitrogens is 1. The zero-order valence-corrected chi connectivity index (χ0v) is 9.37. The number of pyridine rings is 1. The summed E-state index contributed by atoms with van der Waals surface area (Å²) in [7, 11) is 0. The van der Waals surface area contributed by atoms with E-state index in [1.165, 1.54) is 25.3 Å². The monoisotopic (exact) mass is 235 g/mol. The number of thioether (sulfide) groups is 1. The molecule has 0 radical (unpaired) electrons. The molecule has 0 aliphatic rings. The van der Waals surface area contributed by atoms with Crippen molar-refractivity contribution < 1.29 is 14.7 Å². The fourth-order valence-corrected chi connectivity index (χ4v) is 1.24. The minimum absolute atomic E-state index is 0.00143. The molecule has 0 spiro atoms. The van der Waals surface area contributed by atoms with E-state index in [-0.39, 0.29) is 10.7 Å². The maximum Gasteiger partial charge on any atom is 0.335 e. The number of hydrogen-bond acceptors (Lipinski definition) is 4. The van der Waals surface area contributed by atoms with E-state index >= 15 is 0 Å². The Bertz CT molecular complexity index is 474. The number of carbonyl (C=O) groups is 2. The third kappa shape index (κ3) is 4.15. The van der Waals surface area contributed by atoms with Gasteiger partial charge in [-0.15, -0.1) is 0 Å². The van der Waals surface area contributed by atoms with Crippen LogP contribution in [-0.4, -0.2) is 26.9 Å². The van der Waals surface area contributed by atoms with Crippen LogP contribution in [-0.2, 0) is 4.79 Å². The minimum Gasteiger partial charge on any atom is -0.478 e. The molecule has 1 rings (SSSR count). The van der Waals surface area contributed by atoms with Crippen LogP contribution in [0, 0.1) is 11.8 Å². The Kier molecular flexibility index (Phi) is 4.55. The Labute approximate surface area is 97.1 Å². The fourth-order valence-electron chi connectivity index (χ4n) is 0.896. The van der Waals surface area contributed by atoms with Gasteiger partial charge < -0.3 is 5.11 Å². The van der Waals surface area contributed by atoms with Gasteiger partial charge in [-0.3, -0.25) is 4.79 Å². The topological polar surface area (TPSA) is 67.3 Å². The van der Waals surface area contributed by atoms with Crippen molar-refractivity contribution in [1.29, 1.82) is 0 Å². The SMILES string of the molecule is CC(=O)SCC#Cc1cc(C(=O)O)ccn1. The zero-order chi connectivity index (χ0) is 12.0. The van der Waals surface area contributed by atoms with Crippen LogP contribution in [0.1, 0.15) is 23.0 Å². The molecule has 0 saturated heterocycles. The number of nitrogens with zero attached hydrogens (tertiary/aromatic N) is 1. The van der Waals surface area contributed by atoms with Gasteiger partial charge in [-0.25, -0.2) is 9.78 Å². The molecule has 1 aromatic rings. The second kappa shape index (κ2) is 5.93. The first-order valence-corrected chi connectivity index (χ1v) is 5.39. The van der Waals surface area contributed by atoms with Crippen LogP contribution in [0.5, 0.6) is 0 Å². The zero-order valence-electron chi connectivity index (χ0n) is 8.56. The molecule has 1 heterocycles. The molecule has 0 amide bonds. The lowest BCUT2D eigenvalue weighted by Gasteiger charge is -1.93. The molecule has 0 aliphatic heterocycles. The second-order valence-corrected chi connectivity index (χ2v) is 3.97. The van der Waals surface area contributed by atoms with Crippen molar-refractivity contribution in [2.24, 2.45) is 0 Å². The molecule has 0 fully saturated rings. The van der Waals surface area contributed by atoms with E-state index < -0.39 is 5.97 Å². The van der Waals surface area contributed by atoms with Crippen LogP contribution >= 0.6 is 11.8 Å². The molecule has 82 valence electrons. The van der Waals surface area contributed by atoms with Crippen molar-refractivity contribution in [2.75, 3.05) is 5.75 Å². The van der Waals surface area contributed by atoms with Crippen LogP contribution in [0.25, 0.3) is 0 Å². The van der Waals surface area contributed by atoms with E-state index in [1.807, 2.05) is 0 Å². The van der Waals surface area contributed by atoms with Crippen LogP contribution in [0.15, 0.2) is 18.3 Å². The van der Waals surface area contributed by atoms with Gasteiger partial charge in [0.25, 0.3) is 0 Å². The van der Waals surface area contributed by atoms with Gasteiger partial charge in [0, 0.05) is 13.1 Å². The average Bonchev–Trinajstić information content (AvgIpc) is 2.24. The van der Waals surface area contributed by atoms with E-state index in [9.17, 15) is 9.59 Å². The maximum atomic E-state index is 10.6. The minimum atomic E-state index is -1.01. The summed E-state index contributed by atoms with van der Waals surface area (Å²) in [6, 6.07) is 2.80. The standard InChI is InChI=1S/C11H9NO3S/c1-8(13)16-6-2-3-10-7-9(11(14)15)4-5-12-10/h4-5,7H,6H2,1H3,(H,14,15). The largest absolute Gasteiger partial charge is 0.478 e. The van der Waals surface area contributed by atoms with Gasteiger partial charge >= 0.3 is 5.97 Å². The summed E-state index contributed by atoms with van der Waals surface area (Å²) in [5.41, 5.74) is 0.544. The number of hydrogen-bond donors (Lipinski definition) is 1. The Morgan fingerprint density at radius 2 is 2.31 bits per heavy atom. The molecule has 1 aromatic heterocycles. The number of carboxylic acids is 1. The van der Waals surface area contributed by atoms with Crippen LogP contribution in [0.2, 0.25) is 0 Å². The lowest BCUT2D eigenvalue weighted by molar-refractivity contribution is -0.109. The third-order valence-electron chi connectivity index (χ3n) is 1.57. The van der Waals surface area contributed by atoms with E-state index in [1.54, 1.807) is 0 Å². The molecule has 4 nitrogen and oxygen atoms in total. The molecule has 0 aliphatic carbocycles. The van der Waals surface area contributed by atoms with Gasteiger partial charge in [-0.05, 0) is 18.1 Å². The maximum absolute atomic E-state index is 10.6. The molecule has 1 N–H and O–H groups in total. The normalized spacial score (nSPS) is 9.06. The predicted molar refractivity (Wildman–Crippen MR) is 61.2 cm³/mol. The van der Waals surface area contributed by atoms with E-state index in [0.717, 1.165) is 11.8 Å². The van der Waals surface area contributed by atoms with Gasteiger partial charge in [0.15, 0.2) is 5.12 Å². The first-order chi connectivity index (χ1) is 7.59. The highest BCUT2D eigenvalue weighted by molar-refractivity contribution is 8.13. The molecule has 0 unspecified atom stereocenters. The van der Waals surface area contributed by atoms with Crippen molar-refractivity contribution in [2.45, 2.75) is 6.92 Å². The van der Waals surface area contributed by atoms with Crippen LogP contribution < -0.4 is 0 Å². The third-order valence-corrected chi connectivity index (χ3v) is 2.27. The number of carbonyl (C=O) groups excluding carboxylic acids is 1. The van der Waals surface area contributed by atoms with Gasteiger partial charge in [0.05, 0.1) is 11.3 Å². The summed E-state index contributed by atoms with van der Waals surface area (Å²) in [5, 5.41) is 8.73. The molecule has 0 aromatic carbocycles. The van der Waals surface area contributed by atoms with Crippen molar-refractivity contribution >= 4 is 22.8 Å². The van der Waals surface area contributed by atoms with Crippen LogP contribution in [0.3, 0.4) is 0 Å².